The summed E-state index contributed by atoms with van der Waals surface area (Å²) in [6.07, 6.45) is 4.42. The van der Waals surface area contributed by atoms with Crippen LogP contribution in [0.1, 0.15) is 67.7 Å². The van der Waals surface area contributed by atoms with Crippen LogP contribution < -0.4 is 5.32 Å². The van der Waals surface area contributed by atoms with Gasteiger partial charge < -0.3 is 10.1 Å². The van der Waals surface area contributed by atoms with Gasteiger partial charge in [0.2, 0.25) is 0 Å². The Hall–Kier alpha value is -0.0800. The molecule has 3 atom stereocenters. The van der Waals surface area contributed by atoms with Crippen molar-refractivity contribution in [3.8, 4) is 0 Å². The van der Waals surface area contributed by atoms with Crippen LogP contribution in [0.3, 0.4) is 0 Å². The van der Waals surface area contributed by atoms with Gasteiger partial charge in [-0.2, -0.15) is 0 Å². The molecule has 0 spiro atoms. The molecule has 1 N–H and O–H groups in total. The van der Waals surface area contributed by atoms with Crippen molar-refractivity contribution in [1.82, 2.24) is 5.32 Å². The van der Waals surface area contributed by atoms with Crippen LogP contribution in [0.15, 0.2) is 0 Å². The Morgan fingerprint density at radius 3 is 2.20 bits per heavy atom. The van der Waals surface area contributed by atoms with Crippen LogP contribution in [0.25, 0.3) is 0 Å². The lowest BCUT2D eigenvalue weighted by atomic mass is 9.65. The van der Waals surface area contributed by atoms with E-state index in [4.69, 9.17) is 4.74 Å². The first-order valence-corrected chi connectivity index (χ1v) is 8.55. The summed E-state index contributed by atoms with van der Waals surface area (Å²) < 4.78 is 5.95. The molecule has 0 amide bonds. The molecule has 0 bridgehead atoms. The molecule has 0 aromatic rings. The van der Waals surface area contributed by atoms with E-state index < -0.39 is 0 Å². The van der Waals surface area contributed by atoms with Crippen molar-refractivity contribution in [2.75, 3.05) is 13.2 Å². The zero-order valence-corrected chi connectivity index (χ0v) is 14.8. The van der Waals surface area contributed by atoms with Crippen molar-refractivity contribution in [3.05, 3.63) is 0 Å². The maximum atomic E-state index is 5.95. The lowest BCUT2D eigenvalue weighted by Crippen LogP contribution is -2.40. The summed E-state index contributed by atoms with van der Waals surface area (Å²) in [6.45, 7) is 18.0. The topological polar surface area (TPSA) is 21.3 Å². The smallest absolute Gasteiger partial charge is 0.0519 e. The third-order valence-corrected chi connectivity index (χ3v) is 4.80. The van der Waals surface area contributed by atoms with Gasteiger partial charge in [-0.15, -0.1) is 0 Å². The van der Waals surface area contributed by atoms with Crippen molar-refractivity contribution >= 4 is 0 Å². The number of hydrogen-bond donors (Lipinski definition) is 1. The van der Waals surface area contributed by atoms with Crippen LogP contribution in [0.2, 0.25) is 0 Å². The highest BCUT2D eigenvalue weighted by molar-refractivity contribution is 4.86. The minimum Gasteiger partial charge on any atom is -0.378 e. The molecule has 20 heavy (non-hydrogen) atoms. The SMILES string of the molecule is CC(C)NCC1CCC(C(C)(C)C)CC1COC(C)C. The fraction of sp³-hybridized carbons (Fsp3) is 1.00. The van der Waals surface area contributed by atoms with Crippen LogP contribution in [-0.2, 0) is 4.74 Å². The molecule has 120 valence electrons. The normalized spacial score (nSPS) is 28.4. The first kappa shape index (κ1) is 18.0. The minimum absolute atomic E-state index is 0.351. The van der Waals surface area contributed by atoms with Gasteiger partial charge in [0, 0.05) is 6.04 Å². The van der Waals surface area contributed by atoms with Crippen molar-refractivity contribution in [2.24, 2.45) is 23.2 Å². The van der Waals surface area contributed by atoms with Crippen LogP contribution in [0, 0.1) is 23.2 Å². The molecule has 0 aromatic carbocycles. The summed E-state index contributed by atoms with van der Waals surface area (Å²) in [5.74, 6) is 2.36. The summed E-state index contributed by atoms with van der Waals surface area (Å²) in [5, 5.41) is 3.63. The summed E-state index contributed by atoms with van der Waals surface area (Å²) in [5.41, 5.74) is 0.437. The van der Waals surface area contributed by atoms with E-state index in [0.717, 1.165) is 30.9 Å². The second-order valence-corrected chi connectivity index (χ2v) is 8.34. The van der Waals surface area contributed by atoms with Crippen LogP contribution >= 0.6 is 0 Å². The molecular weight excluding hydrogens is 246 g/mol. The molecule has 1 saturated carbocycles. The Kier molecular flexibility index (Phi) is 7.00. The first-order valence-electron chi connectivity index (χ1n) is 8.55. The number of hydrogen-bond acceptors (Lipinski definition) is 2. The highest BCUT2D eigenvalue weighted by Gasteiger charge is 2.35. The molecule has 1 fully saturated rings. The van der Waals surface area contributed by atoms with Gasteiger partial charge in [-0.05, 0) is 62.8 Å². The van der Waals surface area contributed by atoms with Gasteiger partial charge >= 0.3 is 0 Å². The molecule has 3 unspecified atom stereocenters. The predicted molar refractivity (Wildman–Crippen MR) is 88.0 cm³/mol. The van der Waals surface area contributed by atoms with Crippen molar-refractivity contribution in [1.29, 1.82) is 0 Å². The molecule has 2 heteroatoms. The van der Waals surface area contributed by atoms with Gasteiger partial charge in [-0.1, -0.05) is 34.6 Å². The van der Waals surface area contributed by atoms with Crippen LogP contribution in [0.4, 0.5) is 0 Å². The maximum absolute atomic E-state index is 5.95. The van der Waals surface area contributed by atoms with E-state index in [-0.39, 0.29) is 0 Å². The molecule has 0 aliphatic heterocycles. The molecule has 0 saturated heterocycles. The molecule has 1 aliphatic rings. The third-order valence-electron chi connectivity index (χ3n) is 4.80. The molecule has 1 rings (SSSR count). The average molecular weight is 284 g/mol. The van der Waals surface area contributed by atoms with Gasteiger partial charge in [-0.3, -0.25) is 0 Å². The van der Waals surface area contributed by atoms with Crippen LogP contribution in [-0.4, -0.2) is 25.3 Å². The third kappa shape index (κ3) is 6.13. The van der Waals surface area contributed by atoms with Crippen molar-refractivity contribution in [3.63, 3.8) is 0 Å². The Morgan fingerprint density at radius 1 is 1.05 bits per heavy atom. The molecule has 0 aromatic heterocycles. The lowest BCUT2D eigenvalue weighted by Gasteiger charge is -2.42. The molecule has 0 heterocycles. The number of ether oxygens (including phenoxy) is 1. The summed E-state index contributed by atoms with van der Waals surface area (Å²) in [4.78, 5) is 0. The summed E-state index contributed by atoms with van der Waals surface area (Å²) >= 11 is 0. The summed E-state index contributed by atoms with van der Waals surface area (Å²) in [6, 6.07) is 0.585. The summed E-state index contributed by atoms with van der Waals surface area (Å²) in [7, 11) is 0. The van der Waals surface area contributed by atoms with E-state index in [0.29, 0.717) is 17.6 Å². The van der Waals surface area contributed by atoms with E-state index in [2.05, 4.69) is 53.8 Å². The quantitative estimate of drug-likeness (QED) is 0.775. The standard InChI is InChI=1S/C18H37NO/c1-13(2)19-11-15-8-9-17(18(5,6)7)10-16(15)12-20-14(3)4/h13-17,19H,8-12H2,1-7H3. The zero-order valence-electron chi connectivity index (χ0n) is 14.8. The Morgan fingerprint density at radius 2 is 1.70 bits per heavy atom. The fourth-order valence-electron chi connectivity index (χ4n) is 3.29. The number of nitrogens with one attached hydrogen (secondary N) is 1. The van der Waals surface area contributed by atoms with Gasteiger partial charge in [0.05, 0.1) is 12.7 Å². The molecule has 0 radical (unpaired) electrons. The Balaban J connectivity index is 2.59. The molecule has 2 nitrogen and oxygen atoms in total. The number of rotatable bonds is 6. The minimum atomic E-state index is 0.351. The van der Waals surface area contributed by atoms with E-state index in [1.807, 2.05) is 0 Å². The first-order chi connectivity index (χ1) is 9.20. The highest BCUT2D eigenvalue weighted by atomic mass is 16.5. The van der Waals surface area contributed by atoms with Crippen molar-refractivity contribution < 1.29 is 4.74 Å². The second-order valence-electron chi connectivity index (χ2n) is 8.34. The largest absolute Gasteiger partial charge is 0.378 e. The van der Waals surface area contributed by atoms with Crippen molar-refractivity contribution in [2.45, 2.75) is 79.9 Å². The zero-order chi connectivity index (χ0) is 15.3. The van der Waals surface area contributed by atoms with E-state index >= 15 is 0 Å². The predicted octanol–water partition coefficient (Wildman–Crippen LogP) is 4.49. The van der Waals surface area contributed by atoms with Gasteiger partial charge in [-0.25, -0.2) is 0 Å². The lowest BCUT2D eigenvalue weighted by molar-refractivity contribution is -0.00212. The van der Waals surface area contributed by atoms with E-state index in [1.165, 1.54) is 19.3 Å². The van der Waals surface area contributed by atoms with Crippen LogP contribution in [0.5, 0.6) is 0 Å². The maximum Gasteiger partial charge on any atom is 0.0519 e. The Bertz CT molecular complexity index is 267. The van der Waals surface area contributed by atoms with E-state index in [1.54, 1.807) is 0 Å². The van der Waals surface area contributed by atoms with Gasteiger partial charge in [0.15, 0.2) is 0 Å². The fourth-order valence-corrected chi connectivity index (χ4v) is 3.29. The van der Waals surface area contributed by atoms with Gasteiger partial charge in [0.1, 0.15) is 0 Å². The van der Waals surface area contributed by atoms with E-state index in [9.17, 15) is 0 Å². The van der Waals surface area contributed by atoms with Gasteiger partial charge in [0.25, 0.3) is 0 Å². The average Bonchev–Trinajstić information content (AvgIpc) is 2.32. The molecular formula is C18H37NO. The monoisotopic (exact) mass is 283 g/mol. The Labute approximate surface area is 127 Å². The highest BCUT2D eigenvalue weighted by Crippen LogP contribution is 2.42. The second kappa shape index (κ2) is 7.79. The molecule has 1 aliphatic carbocycles.